The van der Waals surface area contributed by atoms with Crippen molar-refractivity contribution in [2.75, 3.05) is 13.7 Å². The number of ether oxygens (including phenoxy) is 1. The molecule has 0 aromatic heterocycles. The molecule has 39 heavy (non-hydrogen) atoms. The molecule has 1 aliphatic carbocycles. The van der Waals surface area contributed by atoms with Gasteiger partial charge in [0.25, 0.3) is 0 Å². The van der Waals surface area contributed by atoms with Gasteiger partial charge >= 0.3 is 0 Å². The summed E-state index contributed by atoms with van der Waals surface area (Å²) in [5, 5.41) is 15.0. The number of methoxy groups -OCH3 is 1. The smallest absolute Gasteiger partial charge is 0.221 e. The molecule has 1 N–H and O–H groups in total. The van der Waals surface area contributed by atoms with Crippen molar-refractivity contribution in [1.29, 1.82) is 0 Å². The highest BCUT2D eigenvalue weighted by Gasteiger charge is 2.59. The van der Waals surface area contributed by atoms with E-state index in [0.717, 1.165) is 18.1 Å². The third-order valence-corrected chi connectivity index (χ3v) is 10.3. The van der Waals surface area contributed by atoms with Crippen LogP contribution in [0.2, 0.25) is 0 Å². The Balaban J connectivity index is 2.01. The second kappa shape index (κ2) is 9.42. The number of benzene rings is 3. The average molecular weight is 525 g/mol. The van der Waals surface area contributed by atoms with Crippen LogP contribution in [0.15, 0.2) is 42.5 Å². The summed E-state index contributed by atoms with van der Waals surface area (Å²) in [7, 11) is 1.70. The van der Waals surface area contributed by atoms with E-state index in [1.54, 1.807) is 7.11 Å². The summed E-state index contributed by atoms with van der Waals surface area (Å²) in [6.45, 7) is 23.4. The van der Waals surface area contributed by atoms with Gasteiger partial charge in [-0.25, -0.2) is 0 Å². The Morgan fingerprint density at radius 1 is 1.03 bits per heavy atom. The van der Waals surface area contributed by atoms with E-state index in [-0.39, 0.29) is 29.1 Å². The number of fused-ring (bicyclic) bond motifs is 3. The molecular weight excluding hydrogens is 478 g/mol. The van der Waals surface area contributed by atoms with Gasteiger partial charge in [-0.2, -0.15) is 4.58 Å². The number of aliphatic hydroxyl groups is 1. The van der Waals surface area contributed by atoms with E-state index >= 15 is 0 Å². The van der Waals surface area contributed by atoms with E-state index in [9.17, 15) is 5.11 Å². The van der Waals surface area contributed by atoms with Crippen LogP contribution in [-0.4, -0.2) is 41.3 Å². The Morgan fingerprint density at radius 3 is 2.33 bits per heavy atom. The summed E-state index contributed by atoms with van der Waals surface area (Å²) >= 11 is 0. The zero-order valence-electron chi connectivity index (χ0n) is 25.4. The van der Waals surface area contributed by atoms with Gasteiger partial charge in [0.2, 0.25) is 5.70 Å². The van der Waals surface area contributed by atoms with Gasteiger partial charge in [-0.05, 0) is 70.5 Å². The molecule has 2 aliphatic rings. The van der Waals surface area contributed by atoms with Crippen molar-refractivity contribution in [3.63, 3.8) is 0 Å². The summed E-state index contributed by atoms with van der Waals surface area (Å²) in [6.07, 6.45) is 3.76. The highest BCUT2D eigenvalue weighted by Crippen LogP contribution is 2.55. The molecule has 3 heteroatoms. The molecule has 2 atom stereocenters. The molecule has 1 heterocycles. The van der Waals surface area contributed by atoms with Crippen LogP contribution in [0.1, 0.15) is 102 Å². The summed E-state index contributed by atoms with van der Waals surface area (Å²) in [6, 6.07) is 16.1. The van der Waals surface area contributed by atoms with Gasteiger partial charge in [0, 0.05) is 32.8 Å². The van der Waals surface area contributed by atoms with Gasteiger partial charge in [-0.1, -0.05) is 70.7 Å². The quantitative estimate of drug-likeness (QED) is 0.395. The molecule has 3 aromatic rings. The van der Waals surface area contributed by atoms with Crippen LogP contribution in [0.3, 0.4) is 0 Å². The first kappa shape index (κ1) is 27.8. The maximum Gasteiger partial charge on any atom is 0.221 e. The normalized spacial score (nSPS) is 22.7. The van der Waals surface area contributed by atoms with E-state index in [2.05, 4.69) is 115 Å². The second-order valence-corrected chi connectivity index (χ2v) is 13.2. The first-order chi connectivity index (χ1) is 18.3. The number of aliphatic hydroxyl groups excluding tert-OH is 1. The Labute approximate surface area is 234 Å². The van der Waals surface area contributed by atoms with Crippen LogP contribution in [0.5, 0.6) is 0 Å². The molecule has 0 spiro atoms. The predicted octanol–water partition coefficient (Wildman–Crippen LogP) is 6.11. The molecule has 0 saturated carbocycles. The van der Waals surface area contributed by atoms with Gasteiger partial charge in [0.15, 0.2) is 5.54 Å². The van der Waals surface area contributed by atoms with Crippen LogP contribution in [0.25, 0.3) is 23.0 Å². The van der Waals surface area contributed by atoms with E-state index in [1.807, 2.05) is 0 Å². The monoisotopic (exact) mass is 524 g/mol. The summed E-state index contributed by atoms with van der Waals surface area (Å²) < 4.78 is 8.18. The molecule has 3 nitrogen and oxygen atoms in total. The number of rotatable bonds is 6. The van der Waals surface area contributed by atoms with Crippen molar-refractivity contribution < 1.29 is 14.4 Å². The molecule has 5 rings (SSSR count). The molecular formula is C36H46NO2+. The van der Waals surface area contributed by atoms with Gasteiger partial charge in [-0.3, -0.25) is 0 Å². The van der Waals surface area contributed by atoms with E-state index < -0.39 is 0 Å². The third kappa shape index (κ3) is 3.80. The predicted molar refractivity (Wildman–Crippen MR) is 164 cm³/mol. The van der Waals surface area contributed by atoms with Gasteiger partial charge in [-0.15, -0.1) is 0 Å². The molecule has 2 unspecified atom stereocenters. The Bertz CT molecular complexity index is 1600. The fourth-order valence-corrected chi connectivity index (χ4v) is 7.48. The van der Waals surface area contributed by atoms with E-state index in [4.69, 9.17) is 4.74 Å². The lowest BCUT2D eigenvalue weighted by Gasteiger charge is -2.49. The Kier molecular flexibility index (Phi) is 6.72. The minimum atomic E-state index is -0.252. The minimum absolute atomic E-state index is 0.0306. The van der Waals surface area contributed by atoms with Gasteiger partial charge in [0.1, 0.15) is 6.21 Å². The van der Waals surface area contributed by atoms with E-state index in [1.165, 1.54) is 49.5 Å². The van der Waals surface area contributed by atoms with Crippen LogP contribution in [0.4, 0.5) is 0 Å². The highest BCUT2D eigenvalue weighted by molar-refractivity contribution is 5.95. The fraction of sp³-hybridized carbons (Fsp3) is 0.472. The first-order valence-corrected chi connectivity index (χ1v) is 14.5. The number of hydrogen-bond donors (Lipinski definition) is 1. The molecule has 206 valence electrons. The number of nitrogens with zero attached hydrogens (tertiary/aromatic N) is 1. The highest BCUT2D eigenvalue weighted by atomic mass is 16.5. The summed E-state index contributed by atoms with van der Waals surface area (Å²) in [5.41, 5.74) is 7.55. The van der Waals surface area contributed by atoms with Crippen molar-refractivity contribution in [3.05, 3.63) is 80.7 Å². The van der Waals surface area contributed by atoms with Crippen molar-refractivity contribution in [2.24, 2.45) is 0 Å². The van der Waals surface area contributed by atoms with Crippen LogP contribution in [-0.2, 0) is 15.6 Å². The lowest BCUT2D eigenvalue weighted by molar-refractivity contribution is -0.540. The van der Waals surface area contributed by atoms with Gasteiger partial charge < -0.3 is 9.84 Å². The SMILES string of the molecule is C=c1cc(C(C)C)cc2c1=C1c3c(cc4ccccc4c3C2(C)C)C(C)(C)C(C)(CCC(CO)OC)[N+]1=CC. The Morgan fingerprint density at radius 2 is 1.72 bits per heavy atom. The maximum absolute atomic E-state index is 9.95. The zero-order valence-corrected chi connectivity index (χ0v) is 25.4. The molecule has 0 fully saturated rings. The van der Waals surface area contributed by atoms with Crippen molar-refractivity contribution in [3.8, 4) is 0 Å². The first-order valence-electron chi connectivity index (χ1n) is 14.5. The molecule has 3 aromatic carbocycles. The maximum atomic E-state index is 9.95. The standard InChI is InChI=1S/C36H46NO2/c1-11-37-33-30-23(4)18-25(22(2)3)20-28(30)34(5,6)32-27-15-13-12-14-24(27)19-29(31(32)33)35(7,8)36(37,9)17-16-26(21-38)39-10/h11-15,18-20,22,26,38H,4,16-17,21H2,1-3,5-10H3/q+1. The molecule has 0 radical (unpaired) electrons. The fourth-order valence-electron chi connectivity index (χ4n) is 7.48. The van der Waals surface area contributed by atoms with Crippen molar-refractivity contribution in [1.82, 2.24) is 0 Å². The summed E-state index contributed by atoms with van der Waals surface area (Å²) in [5.74, 6) is 0.426. The largest absolute Gasteiger partial charge is 0.394 e. The minimum Gasteiger partial charge on any atom is -0.394 e. The molecule has 0 bridgehead atoms. The third-order valence-electron chi connectivity index (χ3n) is 10.3. The van der Waals surface area contributed by atoms with Crippen LogP contribution in [0, 0.1) is 0 Å². The Hall–Kier alpha value is -2.75. The topological polar surface area (TPSA) is 32.5 Å². The zero-order chi connectivity index (χ0) is 28.5. The van der Waals surface area contributed by atoms with E-state index in [0.29, 0.717) is 5.92 Å². The van der Waals surface area contributed by atoms with Crippen molar-refractivity contribution in [2.45, 2.75) is 96.6 Å². The van der Waals surface area contributed by atoms with Crippen molar-refractivity contribution >= 4 is 29.3 Å². The lowest BCUT2D eigenvalue weighted by atomic mass is 9.57. The molecule has 1 aliphatic heterocycles. The van der Waals surface area contributed by atoms with Gasteiger partial charge in [0.05, 0.1) is 28.9 Å². The summed E-state index contributed by atoms with van der Waals surface area (Å²) in [4.78, 5) is 0. The molecule has 0 amide bonds. The number of hydrogen-bond acceptors (Lipinski definition) is 2. The second-order valence-electron chi connectivity index (χ2n) is 13.2. The lowest BCUT2D eigenvalue weighted by Crippen LogP contribution is -2.60. The molecule has 0 saturated heterocycles. The van der Waals surface area contributed by atoms with Crippen LogP contribution >= 0.6 is 0 Å². The average Bonchev–Trinajstić information content (AvgIpc) is 2.89. The van der Waals surface area contributed by atoms with Crippen LogP contribution < -0.4 is 10.4 Å².